The third kappa shape index (κ3) is 4.05. The third-order valence-electron chi connectivity index (χ3n) is 3.28. The minimum atomic E-state index is -1.11. The number of carboxylic acids is 1. The van der Waals surface area contributed by atoms with E-state index in [2.05, 4.69) is 10.1 Å². The highest BCUT2D eigenvalue weighted by molar-refractivity contribution is 5.84. The monoisotopic (exact) mass is 340 g/mol. The van der Waals surface area contributed by atoms with Gasteiger partial charge in [-0.3, -0.25) is 0 Å². The van der Waals surface area contributed by atoms with Gasteiger partial charge in [-0.25, -0.2) is 14.5 Å². The molecule has 25 heavy (non-hydrogen) atoms. The Balaban J connectivity index is 1.66. The number of carbonyl (C=O) groups is 1. The van der Waals surface area contributed by atoms with E-state index in [9.17, 15) is 4.79 Å². The summed E-state index contributed by atoms with van der Waals surface area (Å²) in [6.45, 7) is 1.96. The van der Waals surface area contributed by atoms with Gasteiger partial charge >= 0.3 is 5.97 Å². The maximum Gasteiger partial charge on any atom is 0.371 e. The Bertz CT molecular complexity index is 926. The minimum Gasteiger partial charge on any atom is -0.486 e. The van der Waals surface area contributed by atoms with Crippen LogP contribution in [-0.4, -0.2) is 27.0 Å². The van der Waals surface area contributed by atoms with Crippen LogP contribution in [0.15, 0.2) is 52.1 Å². The molecule has 0 spiro atoms. The lowest BCUT2D eigenvalue weighted by atomic mass is 10.2. The summed E-state index contributed by atoms with van der Waals surface area (Å²) in [4.78, 5) is 14.9. The normalized spacial score (nSPS) is 11.1. The van der Waals surface area contributed by atoms with Crippen LogP contribution >= 0.6 is 0 Å². The number of aromatic nitrogens is 2. The van der Waals surface area contributed by atoms with Crippen molar-refractivity contribution in [3.05, 3.63) is 65.4 Å². The second-order valence-corrected chi connectivity index (χ2v) is 5.26. The zero-order chi connectivity index (χ0) is 17.8. The molecular weight excluding hydrogens is 324 g/mol. The number of anilines is 1. The van der Waals surface area contributed by atoms with Crippen molar-refractivity contribution in [1.29, 1.82) is 0 Å². The number of benzene rings is 1. The van der Waals surface area contributed by atoms with Crippen molar-refractivity contribution in [3.8, 4) is 5.75 Å². The zero-order valence-corrected chi connectivity index (χ0v) is 13.4. The molecule has 0 radical (unpaired) electrons. The molecule has 8 heteroatoms. The van der Waals surface area contributed by atoms with E-state index in [4.69, 9.17) is 20.0 Å². The van der Waals surface area contributed by atoms with Crippen LogP contribution in [0.3, 0.4) is 0 Å². The van der Waals surface area contributed by atoms with E-state index in [0.29, 0.717) is 17.5 Å². The van der Waals surface area contributed by atoms with Gasteiger partial charge in [0.05, 0.1) is 18.1 Å². The fourth-order valence-corrected chi connectivity index (χ4v) is 2.13. The molecule has 0 saturated carbocycles. The van der Waals surface area contributed by atoms with Gasteiger partial charge in [0.15, 0.2) is 0 Å². The Labute approximate surface area is 143 Å². The second kappa shape index (κ2) is 6.91. The number of nitrogens with two attached hydrogens (primary N) is 1. The number of furan rings is 1. The van der Waals surface area contributed by atoms with Gasteiger partial charge in [-0.1, -0.05) is 12.1 Å². The van der Waals surface area contributed by atoms with Crippen LogP contribution in [0.2, 0.25) is 0 Å². The van der Waals surface area contributed by atoms with Crippen LogP contribution in [0.5, 0.6) is 5.75 Å². The highest BCUT2D eigenvalue weighted by atomic mass is 16.5. The Morgan fingerprint density at radius 1 is 1.44 bits per heavy atom. The van der Waals surface area contributed by atoms with Crippen molar-refractivity contribution in [2.45, 2.75) is 13.5 Å². The summed E-state index contributed by atoms with van der Waals surface area (Å²) in [7, 11) is 0. The Morgan fingerprint density at radius 2 is 2.28 bits per heavy atom. The first-order valence-electron chi connectivity index (χ1n) is 7.42. The largest absolute Gasteiger partial charge is 0.486 e. The fourth-order valence-electron chi connectivity index (χ4n) is 2.13. The quantitative estimate of drug-likeness (QED) is 0.666. The highest BCUT2D eigenvalue weighted by Crippen LogP contribution is 2.16. The van der Waals surface area contributed by atoms with E-state index in [-0.39, 0.29) is 12.4 Å². The SMILES string of the molecule is Cc1cn(N=Cc2cccc(OCc3ccc(C(=O)O)o3)c2)c(N)n1. The Kier molecular flexibility index (Phi) is 4.51. The third-order valence-corrected chi connectivity index (χ3v) is 3.28. The van der Waals surface area contributed by atoms with E-state index in [1.807, 2.05) is 19.1 Å². The lowest BCUT2D eigenvalue weighted by molar-refractivity contribution is 0.0658. The first kappa shape index (κ1) is 16.3. The molecule has 0 aliphatic carbocycles. The van der Waals surface area contributed by atoms with Crippen LogP contribution in [-0.2, 0) is 6.61 Å². The zero-order valence-electron chi connectivity index (χ0n) is 13.4. The molecule has 0 bridgehead atoms. The highest BCUT2D eigenvalue weighted by Gasteiger charge is 2.09. The average Bonchev–Trinajstić information content (AvgIpc) is 3.18. The summed E-state index contributed by atoms with van der Waals surface area (Å²) in [6.07, 6.45) is 3.36. The molecule has 128 valence electrons. The number of aromatic carboxylic acids is 1. The first-order chi connectivity index (χ1) is 12.0. The van der Waals surface area contributed by atoms with E-state index < -0.39 is 5.97 Å². The minimum absolute atomic E-state index is 0.118. The predicted octanol–water partition coefficient (Wildman–Crippen LogP) is 2.53. The predicted molar refractivity (Wildman–Crippen MR) is 90.8 cm³/mol. The van der Waals surface area contributed by atoms with Gasteiger partial charge in [-0.15, -0.1) is 0 Å². The molecule has 3 N–H and O–H groups in total. The number of aryl methyl sites for hydroxylation is 1. The van der Waals surface area contributed by atoms with Crippen molar-refractivity contribution < 1.29 is 19.1 Å². The molecule has 3 rings (SSSR count). The van der Waals surface area contributed by atoms with Crippen LogP contribution in [0.1, 0.15) is 27.6 Å². The van der Waals surface area contributed by atoms with Gasteiger partial charge in [-0.2, -0.15) is 5.10 Å². The molecular formula is C17H16N4O4. The van der Waals surface area contributed by atoms with Gasteiger partial charge < -0.3 is 20.0 Å². The number of hydrogen-bond donors (Lipinski definition) is 2. The summed E-state index contributed by atoms with van der Waals surface area (Å²) >= 11 is 0. The number of carboxylic acid groups (broad SMARTS) is 1. The van der Waals surface area contributed by atoms with Gasteiger partial charge in [-0.05, 0) is 36.8 Å². The van der Waals surface area contributed by atoms with Crippen LogP contribution in [0, 0.1) is 6.92 Å². The topological polar surface area (TPSA) is 116 Å². The number of ether oxygens (including phenoxy) is 1. The summed E-state index contributed by atoms with van der Waals surface area (Å²) in [5.41, 5.74) is 7.33. The fraction of sp³-hybridized carbons (Fsp3) is 0.118. The number of nitrogens with zero attached hydrogens (tertiary/aromatic N) is 3. The smallest absolute Gasteiger partial charge is 0.371 e. The second-order valence-electron chi connectivity index (χ2n) is 5.26. The lowest BCUT2D eigenvalue weighted by Crippen LogP contribution is -1.98. The van der Waals surface area contributed by atoms with Gasteiger partial charge in [0.1, 0.15) is 18.1 Å². The van der Waals surface area contributed by atoms with Gasteiger partial charge in [0, 0.05) is 0 Å². The van der Waals surface area contributed by atoms with Gasteiger partial charge in [0.2, 0.25) is 11.7 Å². The molecule has 0 aliphatic rings. The summed E-state index contributed by atoms with van der Waals surface area (Å²) in [6, 6.07) is 10.2. The Morgan fingerprint density at radius 3 is 2.96 bits per heavy atom. The molecule has 2 aromatic heterocycles. The molecule has 2 heterocycles. The molecule has 0 amide bonds. The molecule has 0 atom stereocenters. The van der Waals surface area contributed by atoms with Crippen molar-refractivity contribution in [2.75, 3.05) is 5.73 Å². The molecule has 1 aromatic carbocycles. The maximum absolute atomic E-state index is 10.8. The Hall–Kier alpha value is -3.55. The van der Waals surface area contributed by atoms with E-state index in [1.165, 1.54) is 10.7 Å². The molecule has 0 fully saturated rings. The maximum atomic E-state index is 10.8. The van der Waals surface area contributed by atoms with Gasteiger partial charge in [0.25, 0.3) is 0 Å². The first-order valence-corrected chi connectivity index (χ1v) is 7.42. The number of imidazole rings is 1. The van der Waals surface area contributed by atoms with Crippen LogP contribution < -0.4 is 10.5 Å². The van der Waals surface area contributed by atoms with Crippen molar-refractivity contribution in [1.82, 2.24) is 9.66 Å². The van der Waals surface area contributed by atoms with Crippen molar-refractivity contribution >= 4 is 18.1 Å². The van der Waals surface area contributed by atoms with Crippen molar-refractivity contribution in [2.24, 2.45) is 5.10 Å². The number of hydrogen-bond acceptors (Lipinski definition) is 6. The number of rotatable bonds is 6. The molecule has 0 aliphatic heterocycles. The lowest BCUT2D eigenvalue weighted by Gasteiger charge is -2.05. The van der Waals surface area contributed by atoms with E-state index in [0.717, 1.165) is 11.3 Å². The molecule has 0 unspecified atom stereocenters. The summed E-state index contributed by atoms with van der Waals surface area (Å²) in [5.74, 6) is 0.115. The van der Waals surface area contributed by atoms with E-state index >= 15 is 0 Å². The average molecular weight is 340 g/mol. The summed E-state index contributed by atoms with van der Waals surface area (Å²) in [5, 5.41) is 13.1. The molecule has 8 nitrogen and oxygen atoms in total. The van der Waals surface area contributed by atoms with Crippen LogP contribution in [0.4, 0.5) is 5.95 Å². The molecule has 3 aromatic rings. The molecule has 0 saturated heterocycles. The standard InChI is InChI=1S/C17H16N4O4/c1-11-9-21(17(18)20-11)19-8-12-3-2-4-13(7-12)24-10-14-5-6-15(25-14)16(22)23/h2-9H,10H2,1H3,(H2,18,20)(H,22,23). The van der Waals surface area contributed by atoms with E-state index in [1.54, 1.807) is 30.6 Å². The summed E-state index contributed by atoms with van der Waals surface area (Å²) < 4.78 is 12.2. The van der Waals surface area contributed by atoms with Crippen molar-refractivity contribution in [3.63, 3.8) is 0 Å². The number of nitrogen functional groups attached to an aromatic ring is 1. The van der Waals surface area contributed by atoms with Crippen LogP contribution in [0.25, 0.3) is 0 Å².